The fraction of sp³-hybridized carbons (Fsp3) is 0.333. The first kappa shape index (κ1) is 15.0. The quantitative estimate of drug-likeness (QED) is 0.736. The van der Waals surface area contributed by atoms with Crippen LogP contribution in [0.4, 0.5) is 0 Å². The Balaban J connectivity index is 1.42. The van der Waals surface area contributed by atoms with Crippen molar-refractivity contribution < 1.29 is 4.52 Å². The van der Waals surface area contributed by atoms with Gasteiger partial charge in [0.2, 0.25) is 0 Å². The highest BCUT2D eigenvalue weighted by Gasteiger charge is 2.28. The summed E-state index contributed by atoms with van der Waals surface area (Å²) in [5.74, 6) is 1.57. The van der Waals surface area contributed by atoms with Crippen LogP contribution < -0.4 is 0 Å². The molecule has 24 heavy (non-hydrogen) atoms. The first-order valence-corrected chi connectivity index (χ1v) is 8.17. The van der Waals surface area contributed by atoms with E-state index >= 15 is 0 Å². The lowest BCUT2D eigenvalue weighted by atomic mass is 10.1. The van der Waals surface area contributed by atoms with Crippen molar-refractivity contribution in [1.82, 2.24) is 25.0 Å². The molecule has 6 nitrogen and oxygen atoms in total. The zero-order valence-electron chi connectivity index (χ0n) is 13.6. The third kappa shape index (κ3) is 3.19. The monoisotopic (exact) mass is 321 g/mol. The molecule has 0 aliphatic carbocycles. The van der Waals surface area contributed by atoms with Crippen LogP contribution in [0, 0.1) is 6.92 Å². The Morgan fingerprint density at radius 2 is 2.17 bits per heavy atom. The van der Waals surface area contributed by atoms with Crippen molar-refractivity contribution in [2.75, 3.05) is 13.1 Å². The lowest BCUT2D eigenvalue weighted by Gasteiger charge is -2.14. The van der Waals surface area contributed by atoms with Crippen LogP contribution in [0.3, 0.4) is 0 Å². The third-order valence-corrected chi connectivity index (χ3v) is 4.32. The number of aryl methyl sites for hydroxylation is 1. The third-order valence-electron chi connectivity index (χ3n) is 4.32. The van der Waals surface area contributed by atoms with Crippen molar-refractivity contribution in [3.05, 3.63) is 59.8 Å². The van der Waals surface area contributed by atoms with Crippen LogP contribution in [0.25, 0.3) is 11.6 Å². The van der Waals surface area contributed by atoms with E-state index in [1.807, 2.05) is 24.4 Å². The number of hydrogen-bond donors (Lipinski definition) is 0. The summed E-state index contributed by atoms with van der Waals surface area (Å²) in [7, 11) is 0. The molecule has 122 valence electrons. The first-order chi connectivity index (χ1) is 11.8. The van der Waals surface area contributed by atoms with E-state index in [0.29, 0.717) is 11.8 Å². The molecule has 0 bridgehead atoms. The Morgan fingerprint density at radius 1 is 1.21 bits per heavy atom. The van der Waals surface area contributed by atoms with Gasteiger partial charge in [0.05, 0.1) is 5.69 Å². The minimum absolute atomic E-state index is 0.302. The summed E-state index contributed by atoms with van der Waals surface area (Å²) in [6.45, 7) is 4.87. The highest BCUT2D eigenvalue weighted by atomic mass is 16.5. The first-order valence-electron chi connectivity index (χ1n) is 8.17. The van der Waals surface area contributed by atoms with Gasteiger partial charge < -0.3 is 4.52 Å². The number of aromatic nitrogens is 4. The molecule has 1 atom stereocenters. The molecule has 3 aromatic rings. The summed E-state index contributed by atoms with van der Waals surface area (Å²) in [6.07, 6.45) is 4.68. The molecule has 6 heteroatoms. The molecule has 3 aromatic heterocycles. The fourth-order valence-corrected chi connectivity index (χ4v) is 3.00. The topological polar surface area (TPSA) is 67.9 Å². The van der Waals surface area contributed by atoms with Gasteiger partial charge in [0.15, 0.2) is 5.82 Å². The standard InChI is InChI=1S/C18H19N5O/c1-13-5-6-15(20-10-13)12-23-9-7-14(11-23)17-21-18(24-22-17)16-4-2-3-8-19-16/h2-6,8,10,14H,7,9,11-12H2,1H3. The smallest absolute Gasteiger partial charge is 0.276 e. The van der Waals surface area contributed by atoms with Crippen molar-refractivity contribution in [2.24, 2.45) is 0 Å². The maximum absolute atomic E-state index is 5.38. The normalized spacial score (nSPS) is 18.1. The minimum atomic E-state index is 0.302. The summed E-state index contributed by atoms with van der Waals surface area (Å²) in [4.78, 5) is 15.7. The van der Waals surface area contributed by atoms with E-state index in [9.17, 15) is 0 Å². The van der Waals surface area contributed by atoms with Crippen molar-refractivity contribution >= 4 is 0 Å². The van der Waals surface area contributed by atoms with E-state index < -0.39 is 0 Å². The van der Waals surface area contributed by atoms with E-state index in [1.165, 1.54) is 5.56 Å². The number of hydrogen-bond acceptors (Lipinski definition) is 6. The fourth-order valence-electron chi connectivity index (χ4n) is 3.00. The van der Waals surface area contributed by atoms with Gasteiger partial charge in [0.1, 0.15) is 5.69 Å². The van der Waals surface area contributed by atoms with Crippen LogP contribution in [0.1, 0.15) is 29.4 Å². The molecule has 4 rings (SSSR count). The van der Waals surface area contributed by atoms with Crippen LogP contribution in [0.2, 0.25) is 0 Å². The van der Waals surface area contributed by atoms with E-state index in [0.717, 1.165) is 43.3 Å². The van der Waals surface area contributed by atoms with Crippen LogP contribution in [0.5, 0.6) is 0 Å². The number of pyridine rings is 2. The molecule has 0 N–H and O–H groups in total. The van der Waals surface area contributed by atoms with E-state index in [2.05, 4.69) is 44.1 Å². The van der Waals surface area contributed by atoms with Gasteiger partial charge in [-0.3, -0.25) is 14.9 Å². The molecule has 1 aliphatic rings. The Morgan fingerprint density at radius 3 is 2.96 bits per heavy atom. The van der Waals surface area contributed by atoms with Gasteiger partial charge in [0, 0.05) is 31.4 Å². The highest BCUT2D eigenvalue weighted by molar-refractivity contribution is 5.45. The average molecular weight is 321 g/mol. The molecule has 0 amide bonds. The van der Waals surface area contributed by atoms with Gasteiger partial charge in [-0.25, -0.2) is 0 Å². The zero-order chi connectivity index (χ0) is 16.4. The van der Waals surface area contributed by atoms with E-state index in [1.54, 1.807) is 6.20 Å². The molecule has 0 saturated carbocycles. The minimum Gasteiger partial charge on any atom is -0.332 e. The molecule has 1 unspecified atom stereocenters. The molecule has 4 heterocycles. The second-order valence-electron chi connectivity index (χ2n) is 6.22. The zero-order valence-corrected chi connectivity index (χ0v) is 13.6. The predicted octanol–water partition coefficient (Wildman–Crippen LogP) is 2.82. The summed E-state index contributed by atoms with van der Waals surface area (Å²) >= 11 is 0. The van der Waals surface area contributed by atoms with Crippen LogP contribution in [0.15, 0.2) is 47.2 Å². The summed E-state index contributed by atoms with van der Waals surface area (Å²) in [6, 6.07) is 9.86. The molecule has 1 fully saturated rings. The lowest BCUT2D eigenvalue weighted by Crippen LogP contribution is -2.20. The molecule has 0 radical (unpaired) electrons. The van der Waals surface area contributed by atoms with Crippen molar-refractivity contribution in [1.29, 1.82) is 0 Å². The summed E-state index contributed by atoms with van der Waals surface area (Å²) in [5.41, 5.74) is 3.00. The van der Waals surface area contributed by atoms with Gasteiger partial charge in [-0.15, -0.1) is 0 Å². The van der Waals surface area contributed by atoms with Crippen molar-refractivity contribution in [3.8, 4) is 11.6 Å². The van der Waals surface area contributed by atoms with Gasteiger partial charge in [0.25, 0.3) is 5.89 Å². The Kier molecular flexibility index (Phi) is 4.04. The summed E-state index contributed by atoms with van der Waals surface area (Å²) < 4.78 is 5.38. The van der Waals surface area contributed by atoms with Crippen LogP contribution in [-0.4, -0.2) is 38.1 Å². The number of nitrogens with zero attached hydrogens (tertiary/aromatic N) is 5. The van der Waals surface area contributed by atoms with Crippen LogP contribution >= 0.6 is 0 Å². The van der Waals surface area contributed by atoms with Crippen molar-refractivity contribution in [3.63, 3.8) is 0 Å². The van der Waals surface area contributed by atoms with Gasteiger partial charge in [-0.05, 0) is 43.7 Å². The molecule has 0 aromatic carbocycles. The SMILES string of the molecule is Cc1ccc(CN2CCC(c3noc(-c4ccccn4)n3)C2)nc1. The van der Waals surface area contributed by atoms with Gasteiger partial charge in [-0.2, -0.15) is 4.98 Å². The average Bonchev–Trinajstić information content (AvgIpc) is 3.27. The highest BCUT2D eigenvalue weighted by Crippen LogP contribution is 2.27. The van der Waals surface area contributed by atoms with Crippen LogP contribution in [-0.2, 0) is 6.54 Å². The van der Waals surface area contributed by atoms with Gasteiger partial charge >= 0.3 is 0 Å². The molecular formula is C18H19N5O. The molecule has 1 saturated heterocycles. The Labute approximate surface area is 140 Å². The van der Waals surface area contributed by atoms with Crippen molar-refractivity contribution in [2.45, 2.75) is 25.8 Å². The maximum atomic E-state index is 5.38. The largest absolute Gasteiger partial charge is 0.332 e. The second kappa shape index (κ2) is 6.49. The number of rotatable bonds is 4. The van der Waals surface area contributed by atoms with E-state index in [4.69, 9.17) is 4.52 Å². The predicted molar refractivity (Wildman–Crippen MR) is 89.1 cm³/mol. The second-order valence-corrected chi connectivity index (χ2v) is 6.22. The molecular weight excluding hydrogens is 302 g/mol. The van der Waals surface area contributed by atoms with Gasteiger partial charge in [-0.1, -0.05) is 17.3 Å². The lowest BCUT2D eigenvalue weighted by molar-refractivity contribution is 0.320. The Hall–Kier alpha value is -2.60. The Bertz CT molecular complexity index is 800. The summed E-state index contributed by atoms with van der Waals surface area (Å²) in [5, 5.41) is 4.16. The molecule has 0 spiro atoms. The maximum Gasteiger partial charge on any atom is 0.276 e. The van der Waals surface area contributed by atoms with E-state index in [-0.39, 0.29) is 0 Å². The molecule has 1 aliphatic heterocycles. The number of likely N-dealkylation sites (tertiary alicyclic amines) is 1.